The maximum absolute atomic E-state index is 12.1. The molecule has 3 rings (SSSR count). The van der Waals surface area contributed by atoms with Gasteiger partial charge in [0.05, 0.1) is 0 Å². The molecule has 5 heteroatoms. The SMILES string of the molecule is CNC(=O)N1C=C(C2CC2)NC1c1ccc(C)cc1I. The Morgan fingerprint density at radius 1 is 1.45 bits per heavy atom. The summed E-state index contributed by atoms with van der Waals surface area (Å²) in [6.07, 6.45) is 4.31. The van der Waals surface area contributed by atoms with Crippen LogP contribution in [-0.2, 0) is 0 Å². The largest absolute Gasteiger partial charge is 0.363 e. The second kappa shape index (κ2) is 5.27. The van der Waals surface area contributed by atoms with Crippen LogP contribution in [0.2, 0.25) is 0 Å². The molecule has 1 aliphatic heterocycles. The molecule has 2 aliphatic rings. The molecular formula is C15H18IN3O. The lowest BCUT2D eigenvalue weighted by molar-refractivity contribution is 0.203. The summed E-state index contributed by atoms with van der Waals surface area (Å²) in [6.45, 7) is 2.08. The molecule has 2 N–H and O–H groups in total. The molecule has 1 unspecified atom stereocenters. The van der Waals surface area contributed by atoms with Crippen LogP contribution in [0.5, 0.6) is 0 Å². The molecule has 0 aromatic heterocycles. The highest BCUT2D eigenvalue weighted by molar-refractivity contribution is 14.1. The summed E-state index contributed by atoms with van der Waals surface area (Å²) in [5.74, 6) is 0.607. The zero-order valence-electron chi connectivity index (χ0n) is 11.6. The summed E-state index contributed by atoms with van der Waals surface area (Å²) < 4.78 is 1.18. The smallest absolute Gasteiger partial charge is 0.323 e. The van der Waals surface area contributed by atoms with Gasteiger partial charge in [-0.2, -0.15) is 0 Å². The van der Waals surface area contributed by atoms with Gasteiger partial charge in [-0.1, -0.05) is 17.7 Å². The van der Waals surface area contributed by atoms with E-state index in [4.69, 9.17) is 0 Å². The molecule has 4 nitrogen and oxygen atoms in total. The summed E-state index contributed by atoms with van der Waals surface area (Å²) in [5, 5.41) is 6.23. The van der Waals surface area contributed by atoms with Crippen LogP contribution in [0.15, 0.2) is 30.1 Å². The molecule has 0 spiro atoms. The monoisotopic (exact) mass is 383 g/mol. The molecule has 0 saturated heterocycles. The Morgan fingerprint density at radius 3 is 2.80 bits per heavy atom. The van der Waals surface area contributed by atoms with Crippen molar-refractivity contribution < 1.29 is 4.79 Å². The lowest BCUT2D eigenvalue weighted by atomic mass is 10.1. The maximum Gasteiger partial charge on any atom is 0.323 e. The number of hydrogen-bond acceptors (Lipinski definition) is 2. The van der Waals surface area contributed by atoms with E-state index in [-0.39, 0.29) is 12.2 Å². The van der Waals surface area contributed by atoms with E-state index < -0.39 is 0 Å². The van der Waals surface area contributed by atoms with Crippen molar-refractivity contribution in [2.45, 2.75) is 25.9 Å². The van der Waals surface area contributed by atoms with Gasteiger partial charge in [0.15, 0.2) is 0 Å². The zero-order chi connectivity index (χ0) is 14.3. The number of carbonyl (C=O) groups excluding carboxylic acids is 1. The Kier molecular flexibility index (Phi) is 3.62. The second-order valence-corrected chi connectivity index (χ2v) is 6.56. The van der Waals surface area contributed by atoms with Crippen molar-refractivity contribution in [2.24, 2.45) is 5.92 Å². The van der Waals surface area contributed by atoms with Gasteiger partial charge >= 0.3 is 6.03 Å². The number of allylic oxidation sites excluding steroid dienone is 1. The number of benzene rings is 1. The van der Waals surface area contributed by atoms with Gasteiger partial charge in [-0.3, -0.25) is 4.90 Å². The predicted molar refractivity (Wildman–Crippen MR) is 86.9 cm³/mol. The third-order valence-corrected chi connectivity index (χ3v) is 4.71. The molecule has 0 radical (unpaired) electrons. The summed E-state index contributed by atoms with van der Waals surface area (Å²) in [4.78, 5) is 13.9. The Hall–Kier alpha value is -1.24. The van der Waals surface area contributed by atoms with Crippen molar-refractivity contribution >= 4 is 28.6 Å². The maximum atomic E-state index is 12.1. The van der Waals surface area contributed by atoms with Gasteiger partial charge < -0.3 is 10.6 Å². The van der Waals surface area contributed by atoms with E-state index in [1.54, 1.807) is 11.9 Å². The van der Waals surface area contributed by atoms with E-state index in [0.717, 1.165) is 5.56 Å². The summed E-state index contributed by atoms with van der Waals surface area (Å²) in [6, 6.07) is 6.27. The molecule has 1 fully saturated rings. The standard InChI is InChI=1S/C15H18IN3O/c1-9-3-6-11(12(16)7-9)14-18-13(10-4-5-10)8-19(14)15(20)17-2/h3,6-8,10,14,18H,4-5H2,1-2H3,(H,17,20). The van der Waals surface area contributed by atoms with Crippen LogP contribution in [0.25, 0.3) is 0 Å². The number of rotatable bonds is 2. The fraction of sp³-hybridized carbons (Fsp3) is 0.400. The van der Waals surface area contributed by atoms with E-state index in [9.17, 15) is 4.79 Å². The van der Waals surface area contributed by atoms with Crippen LogP contribution >= 0.6 is 22.6 Å². The molecule has 20 heavy (non-hydrogen) atoms. The van der Waals surface area contributed by atoms with Crippen molar-refractivity contribution in [3.05, 3.63) is 44.8 Å². The van der Waals surface area contributed by atoms with Gasteiger partial charge in [-0.05, 0) is 48.4 Å². The molecule has 1 heterocycles. The van der Waals surface area contributed by atoms with Crippen LogP contribution in [0.1, 0.15) is 30.1 Å². The number of halogens is 1. The number of nitrogens with zero attached hydrogens (tertiary/aromatic N) is 1. The van der Waals surface area contributed by atoms with E-state index >= 15 is 0 Å². The van der Waals surface area contributed by atoms with Crippen molar-refractivity contribution in [3.63, 3.8) is 0 Å². The van der Waals surface area contributed by atoms with Crippen molar-refractivity contribution in [1.29, 1.82) is 0 Å². The Balaban J connectivity index is 1.92. The van der Waals surface area contributed by atoms with Crippen molar-refractivity contribution in [2.75, 3.05) is 7.05 Å². The lowest BCUT2D eigenvalue weighted by Gasteiger charge is -2.25. The lowest BCUT2D eigenvalue weighted by Crippen LogP contribution is -2.38. The molecule has 1 saturated carbocycles. The first-order valence-electron chi connectivity index (χ1n) is 6.84. The average molecular weight is 383 g/mol. The topological polar surface area (TPSA) is 44.4 Å². The van der Waals surface area contributed by atoms with Gasteiger partial charge in [-0.25, -0.2) is 4.79 Å². The van der Waals surface area contributed by atoms with Crippen molar-refractivity contribution in [1.82, 2.24) is 15.5 Å². The number of aryl methyl sites for hydroxylation is 1. The molecule has 1 aromatic carbocycles. The van der Waals surface area contributed by atoms with Crippen LogP contribution < -0.4 is 10.6 Å². The quantitative estimate of drug-likeness (QED) is 0.771. The van der Waals surface area contributed by atoms with E-state index in [1.165, 1.54) is 27.7 Å². The molecular weight excluding hydrogens is 365 g/mol. The highest BCUT2D eigenvalue weighted by atomic mass is 127. The predicted octanol–water partition coefficient (Wildman–Crippen LogP) is 3.09. The van der Waals surface area contributed by atoms with Crippen LogP contribution in [0.4, 0.5) is 4.79 Å². The number of nitrogens with one attached hydrogen (secondary N) is 2. The minimum Gasteiger partial charge on any atom is -0.363 e. The Labute approximate surface area is 132 Å². The molecule has 0 bridgehead atoms. The number of urea groups is 1. The highest BCUT2D eigenvalue weighted by Gasteiger charge is 2.37. The first-order chi connectivity index (χ1) is 9.60. The summed E-state index contributed by atoms with van der Waals surface area (Å²) >= 11 is 2.34. The number of carbonyl (C=O) groups is 1. The fourth-order valence-corrected chi connectivity index (χ4v) is 3.46. The zero-order valence-corrected chi connectivity index (χ0v) is 13.8. The molecule has 1 aromatic rings. The summed E-state index contributed by atoms with van der Waals surface area (Å²) in [7, 11) is 1.67. The van der Waals surface area contributed by atoms with Gasteiger partial charge in [0, 0.05) is 34.0 Å². The highest BCUT2D eigenvalue weighted by Crippen LogP contribution is 2.40. The third-order valence-electron chi connectivity index (χ3n) is 3.78. The second-order valence-electron chi connectivity index (χ2n) is 5.39. The van der Waals surface area contributed by atoms with Crippen LogP contribution in [-0.4, -0.2) is 18.0 Å². The molecule has 1 atom stereocenters. The van der Waals surface area contributed by atoms with Crippen molar-refractivity contribution in [3.8, 4) is 0 Å². The number of hydrogen-bond donors (Lipinski definition) is 2. The first-order valence-corrected chi connectivity index (χ1v) is 7.92. The minimum atomic E-state index is -0.0990. The van der Waals surface area contributed by atoms with E-state index in [0.29, 0.717) is 5.92 Å². The fourth-order valence-electron chi connectivity index (χ4n) is 2.49. The normalized spacial score (nSPS) is 21.4. The van der Waals surface area contributed by atoms with Crippen LogP contribution in [0.3, 0.4) is 0 Å². The first kappa shape index (κ1) is 13.7. The summed E-state index contributed by atoms with van der Waals surface area (Å²) in [5.41, 5.74) is 3.57. The van der Waals surface area contributed by atoms with Gasteiger partial charge in [0.25, 0.3) is 0 Å². The minimum absolute atomic E-state index is 0.0745. The molecule has 1 aliphatic carbocycles. The van der Waals surface area contributed by atoms with Crippen LogP contribution in [0, 0.1) is 16.4 Å². The molecule has 2 amide bonds. The Morgan fingerprint density at radius 2 is 2.20 bits per heavy atom. The van der Waals surface area contributed by atoms with Gasteiger partial charge in [-0.15, -0.1) is 0 Å². The van der Waals surface area contributed by atoms with Gasteiger partial charge in [0.2, 0.25) is 0 Å². The third kappa shape index (κ3) is 2.51. The van der Waals surface area contributed by atoms with Gasteiger partial charge in [0.1, 0.15) is 6.17 Å². The van der Waals surface area contributed by atoms with E-state index in [2.05, 4.69) is 58.3 Å². The Bertz CT molecular complexity index is 580. The number of amides is 2. The average Bonchev–Trinajstić information content (AvgIpc) is 3.18. The molecule has 106 valence electrons. The van der Waals surface area contributed by atoms with E-state index in [1.807, 2.05) is 6.20 Å².